The van der Waals surface area contributed by atoms with Gasteiger partial charge in [-0.1, -0.05) is 0 Å². The Morgan fingerprint density at radius 2 is 1.93 bits per heavy atom. The Balaban J connectivity index is 2.20. The van der Waals surface area contributed by atoms with Crippen LogP contribution < -0.4 is 10.6 Å². The van der Waals surface area contributed by atoms with Crippen LogP contribution in [0.1, 0.15) is 26.3 Å². The average Bonchev–Trinajstić information content (AvgIpc) is 2.85. The summed E-state index contributed by atoms with van der Waals surface area (Å²) < 4.78 is 27.7. The smallest absolute Gasteiger partial charge is 0.325 e. The Morgan fingerprint density at radius 3 is 2.54 bits per heavy atom. The van der Waals surface area contributed by atoms with E-state index in [1.807, 2.05) is 0 Å². The lowest BCUT2D eigenvalue weighted by molar-refractivity contribution is -0.140. The SMILES string of the molecule is CCNC(=O)CN(CC)C(=O)CN1C(=O)N[C@@](C)(c2cc(F)ccc2F)C1=O. The van der Waals surface area contributed by atoms with Gasteiger partial charge in [-0.25, -0.2) is 13.6 Å². The van der Waals surface area contributed by atoms with Crippen molar-refractivity contribution < 1.29 is 28.0 Å². The number of urea groups is 1. The molecule has 8 nitrogen and oxygen atoms in total. The highest BCUT2D eigenvalue weighted by atomic mass is 19.1. The summed E-state index contributed by atoms with van der Waals surface area (Å²) >= 11 is 0. The van der Waals surface area contributed by atoms with Gasteiger partial charge in [0.15, 0.2) is 0 Å². The quantitative estimate of drug-likeness (QED) is 0.664. The van der Waals surface area contributed by atoms with Crippen molar-refractivity contribution in [3.05, 3.63) is 35.4 Å². The molecule has 2 rings (SSSR count). The van der Waals surface area contributed by atoms with Gasteiger partial charge < -0.3 is 15.5 Å². The molecule has 0 saturated carbocycles. The van der Waals surface area contributed by atoms with Crippen LogP contribution in [-0.4, -0.2) is 59.7 Å². The van der Waals surface area contributed by atoms with Gasteiger partial charge in [0.2, 0.25) is 11.8 Å². The largest absolute Gasteiger partial charge is 0.355 e. The predicted octanol–water partition coefficient (Wildman–Crippen LogP) is 0.716. The summed E-state index contributed by atoms with van der Waals surface area (Å²) in [7, 11) is 0. The summed E-state index contributed by atoms with van der Waals surface area (Å²) in [5, 5.41) is 4.87. The maximum atomic E-state index is 14.1. The number of hydrogen-bond donors (Lipinski definition) is 2. The van der Waals surface area contributed by atoms with E-state index in [1.165, 1.54) is 11.8 Å². The molecule has 0 unspecified atom stereocenters. The Kier molecular flexibility index (Phi) is 6.32. The molecule has 1 heterocycles. The lowest BCUT2D eigenvalue weighted by Gasteiger charge is -2.24. The van der Waals surface area contributed by atoms with Crippen LogP contribution in [0.3, 0.4) is 0 Å². The molecule has 1 aromatic rings. The number of hydrogen-bond acceptors (Lipinski definition) is 4. The van der Waals surface area contributed by atoms with Gasteiger partial charge in [-0.15, -0.1) is 0 Å². The van der Waals surface area contributed by atoms with E-state index in [1.54, 1.807) is 13.8 Å². The zero-order chi connectivity index (χ0) is 21.1. The van der Waals surface area contributed by atoms with Crippen LogP contribution in [0.4, 0.5) is 13.6 Å². The molecule has 0 bridgehead atoms. The van der Waals surface area contributed by atoms with Crippen LogP contribution >= 0.6 is 0 Å². The number of nitrogens with zero attached hydrogens (tertiary/aromatic N) is 2. The third kappa shape index (κ3) is 4.10. The number of carbonyl (C=O) groups is 4. The van der Waals surface area contributed by atoms with Gasteiger partial charge in [-0.2, -0.15) is 0 Å². The van der Waals surface area contributed by atoms with E-state index < -0.39 is 41.6 Å². The highest BCUT2D eigenvalue weighted by molar-refractivity contribution is 6.09. The molecule has 0 aliphatic carbocycles. The standard InChI is InChI=1S/C18H22F2N4O4/c1-4-21-14(25)9-23(5-2)15(26)10-24-16(27)18(3,22-17(24)28)12-8-11(19)6-7-13(12)20/h6-8H,4-5,9-10H2,1-3H3,(H,21,25)(H,22,28)/t18-/m0/s1. The van der Waals surface area contributed by atoms with Crippen molar-refractivity contribution in [2.24, 2.45) is 0 Å². The minimum atomic E-state index is -1.85. The van der Waals surface area contributed by atoms with Gasteiger partial charge in [0.1, 0.15) is 23.7 Å². The fourth-order valence-corrected chi connectivity index (χ4v) is 2.94. The Labute approximate surface area is 160 Å². The van der Waals surface area contributed by atoms with Crippen LogP contribution in [0.25, 0.3) is 0 Å². The number of likely N-dealkylation sites (N-methyl/N-ethyl adjacent to an activating group) is 2. The zero-order valence-corrected chi connectivity index (χ0v) is 15.8. The highest BCUT2D eigenvalue weighted by Gasteiger charge is 2.51. The van der Waals surface area contributed by atoms with E-state index in [0.29, 0.717) is 11.4 Å². The molecule has 1 aromatic carbocycles. The van der Waals surface area contributed by atoms with Crippen LogP contribution in [0, 0.1) is 11.6 Å². The number of rotatable bonds is 7. The molecule has 1 saturated heterocycles. The molecule has 2 N–H and O–H groups in total. The second-order valence-corrected chi connectivity index (χ2v) is 6.43. The molecule has 0 spiro atoms. The number of nitrogens with one attached hydrogen (secondary N) is 2. The molecule has 152 valence electrons. The van der Waals surface area contributed by atoms with E-state index in [4.69, 9.17) is 0 Å². The van der Waals surface area contributed by atoms with Gasteiger partial charge in [0, 0.05) is 18.7 Å². The van der Waals surface area contributed by atoms with Crippen LogP contribution in [0.2, 0.25) is 0 Å². The summed E-state index contributed by atoms with van der Waals surface area (Å²) in [4.78, 5) is 51.0. The lowest BCUT2D eigenvalue weighted by atomic mass is 9.91. The maximum absolute atomic E-state index is 14.1. The van der Waals surface area contributed by atoms with Gasteiger partial charge in [-0.3, -0.25) is 19.3 Å². The normalized spacial score (nSPS) is 18.8. The summed E-state index contributed by atoms with van der Waals surface area (Å²) in [6.45, 7) is 4.37. The first-order valence-corrected chi connectivity index (χ1v) is 8.78. The Hall–Kier alpha value is -3.04. The topological polar surface area (TPSA) is 98.8 Å². The second-order valence-electron chi connectivity index (χ2n) is 6.43. The summed E-state index contributed by atoms with van der Waals surface area (Å²) in [6.07, 6.45) is 0. The van der Waals surface area contributed by atoms with Crippen LogP contribution in [-0.2, 0) is 19.9 Å². The maximum Gasteiger partial charge on any atom is 0.325 e. The average molecular weight is 396 g/mol. The third-order valence-corrected chi connectivity index (χ3v) is 4.48. The molecule has 10 heteroatoms. The van der Waals surface area contributed by atoms with Crippen molar-refractivity contribution in [3.63, 3.8) is 0 Å². The lowest BCUT2D eigenvalue weighted by Crippen LogP contribution is -2.47. The Bertz CT molecular complexity index is 817. The fourth-order valence-electron chi connectivity index (χ4n) is 2.94. The van der Waals surface area contributed by atoms with Gasteiger partial charge in [0.05, 0.1) is 6.54 Å². The first kappa shape index (κ1) is 21.3. The third-order valence-electron chi connectivity index (χ3n) is 4.48. The molecule has 0 radical (unpaired) electrons. The molecule has 0 aromatic heterocycles. The van der Waals surface area contributed by atoms with Gasteiger partial charge in [0.25, 0.3) is 5.91 Å². The molecule has 5 amide bonds. The molecular weight excluding hydrogens is 374 g/mol. The number of halogens is 2. The zero-order valence-electron chi connectivity index (χ0n) is 15.8. The van der Waals surface area contributed by atoms with Crippen molar-refractivity contribution in [1.29, 1.82) is 0 Å². The van der Waals surface area contributed by atoms with Crippen molar-refractivity contribution in [2.45, 2.75) is 26.3 Å². The molecule has 1 atom stereocenters. The number of carbonyl (C=O) groups excluding carboxylic acids is 4. The van der Waals surface area contributed by atoms with Crippen molar-refractivity contribution in [3.8, 4) is 0 Å². The summed E-state index contributed by atoms with van der Waals surface area (Å²) in [5.74, 6) is -3.52. The number of benzene rings is 1. The highest BCUT2D eigenvalue weighted by Crippen LogP contribution is 2.31. The van der Waals surface area contributed by atoms with E-state index in [9.17, 15) is 28.0 Å². The van der Waals surface area contributed by atoms with Gasteiger partial charge >= 0.3 is 6.03 Å². The van der Waals surface area contributed by atoms with E-state index in [-0.39, 0.29) is 24.6 Å². The van der Waals surface area contributed by atoms with Gasteiger partial charge in [-0.05, 0) is 39.0 Å². The monoisotopic (exact) mass is 396 g/mol. The number of imide groups is 1. The molecular formula is C18H22F2N4O4. The van der Waals surface area contributed by atoms with Crippen LogP contribution in [0.15, 0.2) is 18.2 Å². The molecule has 1 fully saturated rings. The first-order chi connectivity index (χ1) is 13.1. The summed E-state index contributed by atoms with van der Waals surface area (Å²) in [5.41, 5.74) is -2.18. The van der Waals surface area contributed by atoms with Crippen LogP contribution in [0.5, 0.6) is 0 Å². The molecule has 28 heavy (non-hydrogen) atoms. The Morgan fingerprint density at radius 1 is 1.25 bits per heavy atom. The van der Waals surface area contributed by atoms with Crippen molar-refractivity contribution in [1.82, 2.24) is 20.4 Å². The minimum absolute atomic E-state index is 0.190. The molecule has 1 aliphatic heterocycles. The molecule has 1 aliphatic rings. The van der Waals surface area contributed by atoms with E-state index in [2.05, 4.69) is 10.6 Å². The second kappa shape index (κ2) is 8.32. The summed E-state index contributed by atoms with van der Waals surface area (Å²) in [6, 6.07) is 1.67. The fraction of sp³-hybridized carbons (Fsp3) is 0.444. The van der Waals surface area contributed by atoms with Crippen molar-refractivity contribution in [2.75, 3.05) is 26.2 Å². The van der Waals surface area contributed by atoms with E-state index >= 15 is 0 Å². The predicted molar refractivity (Wildman–Crippen MR) is 94.9 cm³/mol. The van der Waals surface area contributed by atoms with E-state index in [0.717, 1.165) is 18.2 Å². The first-order valence-electron chi connectivity index (χ1n) is 8.78. The number of amides is 5. The van der Waals surface area contributed by atoms with Crippen molar-refractivity contribution >= 4 is 23.8 Å². The minimum Gasteiger partial charge on any atom is -0.355 e.